The van der Waals surface area contributed by atoms with E-state index in [0.717, 1.165) is 24.0 Å². The van der Waals surface area contributed by atoms with Gasteiger partial charge in [0.05, 0.1) is 0 Å². The molecule has 2 heterocycles. The van der Waals surface area contributed by atoms with Crippen LogP contribution in [0.4, 0.5) is 4.79 Å². The molecule has 0 spiro atoms. The van der Waals surface area contributed by atoms with Gasteiger partial charge in [-0.2, -0.15) is 0 Å². The molecule has 0 aliphatic carbocycles. The lowest BCUT2D eigenvalue weighted by Gasteiger charge is -2.42. The molecule has 4 heteroatoms. The van der Waals surface area contributed by atoms with Crippen LogP contribution in [0.2, 0.25) is 0 Å². The molecule has 0 radical (unpaired) electrons. The van der Waals surface area contributed by atoms with E-state index in [4.69, 9.17) is 4.74 Å². The molecule has 3 rings (SSSR count). The summed E-state index contributed by atoms with van der Waals surface area (Å²) in [5.41, 5.74) is 0.225. The fourth-order valence-corrected chi connectivity index (χ4v) is 3.33. The largest absolute Gasteiger partial charge is 0.444 e. The first-order valence-electron chi connectivity index (χ1n) is 7.14. The molecule has 1 fully saturated rings. The molecule has 1 saturated heterocycles. The van der Waals surface area contributed by atoms with Gasteiger partial charge in [-0.15, -0.1) is 0 Å². The normalized spacial score (nSPS) is 28.2. The molecule has 108 valence electrons. The van der Waals surface area contributed by atoms with Crippen LogP contribution in [0, 0.1) is 0 Å². The standard InChI is InChI=1S/C16H21NO3/c1-15(2,3)20-14(18)17-12-8-9-16(17,19)13-7-5-4-6-11(13)10-12/h4-7,12,19H,8-10H2,1-3H3. The molecule has 2 atom stereocenters. The predicted octanol–water partition coefficient (Wildman–Crippen LogP) is 2.79. The highest BCUT2D eigenvalue weighted by atomic mass is 16.6. The first-order chi connectivity index (χ1) is 9.31. The van der Waals surface area contributed by atoms with Gasteiger partial charge >= 0.3 is 6.09 Å². The van der Waals surface area contributed by atoms with Gasteiger partial charge in [-0.05, 0) is 39.2 Å². The lowest BCUT2D eigenvalue weighted by Crippen LogP contribution is -2.53. The zero-order chi connectivity index (χ0) is 14.5. The number of carbonyl (C=O) groups excluding carboxylic acids is 1. The van der Waals surface area contributed by atoms with Gasteiger partial charge in [0.15, 0.2) is 5.72 Å². The van der Waals surface area contributed by atoms with Gasteiger partial charge in [0.1, 0.15) is 5.60 Å². The molecular weight excluding hydrogens is 254 g/mol. The molecule has 0 aromatic heterocycles. The number of nitrogens with zero attached hydrogens (tertiary/aromatic N) is 1. The summed E-state index contributed by atoms with van der Waals surface area (Å²) >= 11 is 0. The number of ether oxygens (including phenoxy) is 1. The van der Waals surface area contributed by atoms with Crippen LogP contribution < -0.4 is 0 Å². The van der Waals surface area contributed by atoms with Crippen LogP contribution in [0.5, 0.6) is 0 Å². The Morgan fingerprint density at radius 3 is 2.80 bits per heavy atom. The van der Waals surface area contributed by atoms with E-state index >= 15 is 0 Å². The number of amides is 1. The topological polar surface area (TPSA) is 49.8 Å². The number of aliphatic hydroxyl groups is 1. The van der Waals surface area contributed by atoms with E-state index < -0.39 is 17.4 Å². The zero-order valence-electron chi connectivity index (χ0n) is 12.2. The summed E-state index contributed by atoms with van der Waals surface area (Å²) in [5, 5.41) is 11.0. The van der Waals surface area contributed by atoms with Gasteiger partial charge in [-0.25, -0.2) is 4.79 Å². The highest BCUT2D eigenvalue weighted by Gasteiger charge is 2.54. The van der Waals surface area contributed by atoms with Crippen molar-refractivity contribution < 1.29 is 14.6 Å². The van der Waals surface area contributed by atoms with Crippen molar-refractivity contribution in [2.75, 3.05) is 0 Å². The monoisotopic (exact) mass is 275 g/mol. The maximum Gasteiger partial charge on any atom is 0.413 e. The van der Waals surface area contributed by atoms with E-state index in [1.807, 2.05) is 45.0 Å². The summed E-state index contributed by atoms with van der Waals surface area (Å²) in [5.74, 6) is 0. The maximum atomic E-state index is 12.4. The lowest BCUT2D eigenvalue weighted by molar-refractivity contribution is -0.106. The number of hydrogen-bond acceptors (Lipinski definition) is 3. The van der Waals surface area contributed by atoms with Crippen LogP contribution in [-0.4, -0.2) is 27.7 Å². The third kappa shape index (κ3) is 1.99. The third-order valence-corrected chi connectivity index (χ3v) is 4.08. The molecule has 2 bridgehead atoms. The van der Waals surface area contributed by atoms with Gasteiger partial charge < -0.3 is 9.84 Å². The van der Waals surface area contributed by atoms with Gasteiger partial charge in [-0.3, -0.25) is 4.90 Å². The second-order valence-corrected chi connectivity index (χ2v) is 6.72. The Hall–Kier alpha value is -1.55. The van der Waals surface area contributed by atoms with Gasteiger partial charge in [0, 0.05) is 18.0 Å². The van der Waals surface area contributed by atoms with Crippen molar-refractivity contribution in [2.45, 2.75) is 57.4 Å². The highest BCUT2D eigenvalue weighted by Crippen LogP contribution is 2.47. The van der Waals surface area contributed by atoms with Crippen LogP contribution in [0.3, 0.4) is 0 Å². The molecule has 2 unspecified atom stereocenters. The quantitative estimate of drug-likeness (QED) is 0.792. The van der Waals surface area contributed by atoms with Gasteiger partial charge in [0.25, 0.3) is 0 Å². The Morgan fingerprint density at radius 1 is 1.40 bits per heavy atom. The second kappa shape index (κ2) is 4.22. The molecular formula is C16H21NO3. The lowest BCUT2D eigenvalue weighted by atomic mass is 9.91. The third-order valence-electron chi connectivity index (χ3n) is 4.08. The number of carbonyl (C=O) groups is 1. The van der Waals surface area contributed by atoms with Crippen molar-refractivity contribution in [2.24, 2.45) is 0 Å². The summed E-state index contributed by atoms with van der Waals surface area (Å²) in [6.45, 7) is 5.53. The minimum Gasteiger partial charge on any atom is -0.444 e. The second-order valence-electron chi connectivity index (χ2n) is 6.72. The first kappa shape index (κ1) is 13.4. The molecule has 20 heavy (non-hydrogen) atoms. The Balaban J connectivity index is 1.97. The molecule has 0 saturated carbocycles. The zero-order valence-corrected chi connectivity index (χ0v) is 12.2. The summed E-state index contributed by atoms with van der Waals surface area (Å²) in [7, 11) is 0. The highest BCUT2D eigenvalue weighted by molar-refractivity contribution is 5.71. The van der Waals surface area contributed by atoms with Crippen LogP contribution >= 0.6 is 0 Å². The van der Waals surface area contributed by atoms with E-state index in [0.29, 0.717) is 6.42 Å². The Bertz CT molecular complexity index is 549. The van der Waals surface area contributed by atoms with E-state index in [1.54, 1.807) is 4.90 Å². The molecule has 1 N–H and O–H groups in total. The Morgan fingerprint density at radius 2 is 2.10 bits per heavy atom. The van der Waals surface area contributed by atoms with Crippen LogP contribution in [0.15, 0.2) is 24.3 Å². The predicted molar refractivity (Wildman–Crippen MR) is 75.1 cm³/mol. The molecule has 4 nitrogen and oxygen atoms in total. The van der Waals surface area contributed by atoms with E-state index in [9.17, 15) is 9.90 Å². The summed E-state index contributed by atoms with van der Waals surface area (Å²) in [6.07, 6.45) is 1.76. The van der Waals surface area contributed by atoms with Gasteiger partial charge in [0.2, 0.25) is 0 Å². The molecule has 1 amide bonds. The van der Waals surface area contributed by atoms with Crippen molar-refractivity contribution in [3.63, 3.8) is 0 Å². The van der Waals surface area contributed by atoms with Crippen molar-refractivity contribution in [1.29, 1.82) is 0 Å². The SMILES string of the molecule is CC(C)(C)OC(=O)N1C2CCC1(O)c1ccccc1C2. The summed E-state index contributed by atoms with van der Waals surface area (Å²) in [6, 6.07) is 7.86. The van der Waals surface area contributed by atoms with Crippen molar-refractivity contribution in [1.82, 2.24) is 4.90 Å². The van der Waals surface area contributed by atoms with Crippen molar-refractivity contribution in [3.8, 4) is 0 Å². The fraction of sp³-hybridized carbons (Fsp3) is 0.562. The number of hydrogen-bond donors (Lipinski definition) is 1. The minimum atomic E-state index is -1.21. The average molecular weight is 275 g/mol. The summed E-state index contributed by atoms with van der Waals surface area (Å²) < 4.78 is 5.47. The van der Waals surface area contributed by atoms with Crippen molar-refractivity contribution >= 4 is 6.09 Å². The minimum absolute atomic E-state index is 0.0322. The molecule has 2 aliphatic heterocycles. The van der Waals surface area contributed by atoms with Gasteiger partial charge in [-0.1, -0.05) is 24.3 Å². The Kier molecular flexibility index (Phi) is 2.83. The first-order valence-corrected chi connectivity index (χ1v) is 7.14. The van der Waals surface area contributed by atoms with E-state index in [1.165, 1.54) is 0 Å². The maximum absolute atomic E-state index is 12.4. The van der Waals surface area contributed by atoms with E-state index in [2.05, 4.69) is 0 Å². The molecule has 1 aromatic carbocycles. The van der Waals surface area contributed by atoms with Crippen LogP contribution in [0.25, 0.3) is 0 Å². The average Bonchev–Trinajstić information content (AvgIpc) is 2.59. The number of rotatable bonds is 0. The van der Waals surface area contributed by atoms with Crippen molar-refractivity contribution in [3.05, 3.63) is 35.4 Å². The van der Waals surface area contributed by atoms with E-state index in [-0.39, 0.29) is 6.04 Å². The van der Waals surface area contributed by atoms with Crippen LogP contribution in [0.1, 0.15) is 44.7 Å². The smallest absolute Gasteiger partial charge is 0.413 e. The Labute approximate surface area is 119 Å². The number of fused-ring (bicyclic) bond motifs is 4. The van der Waals surface area contributed by atoms with Crippen LogP contribution in [-0.2, 0) is 16.9 Å². The molecule has 1 aromatic rings. The summed E-state index contributed by atoms with van der Waals surface area (Å²) in [4.78, 5) is 14.0. The molecule has 2 aliphatic rings. The number of benzene rings is 1. The fourth-order valence-electron chi connectivity index (χ4n) is 3.33.